The molecule has 0 bridgehead atoms. The van der Waals surface area contributed by atoms with Crippen molar-refractivity contribution in [3.05, 3.63) is 115 Å². The van der Waals surface area contributed by atoms with Gasteiger partial charge in [0, 0.05) is 0 Å². The molecule has 0 saturated heterocycles. The van der Waals surface area contributed by atoms with Gasteiger partial charge in [-0.25, -0.2) is 0 Å². The lowest BCUT2D eigenvalue weighted by Gasteiger charge is -2.34. The van der Waals surface area contributed by atoms with Gasteiger partial charge in [0.2, 0.25) is 0 Å². The van der Waals surface area contributed by atoms with Crippen LogP contribution in [0.2, 0.25) is 0 Å². The van der Waals surface area contributed by atoms with Gasteiger partial charge < -0.3 is 0 Å². The van der Waals surface area contributed by atoms with Gasteiger partial charge in [0.1, 0.15) is 0 Å². The summed E-state index contributed by atoms with van der Waals surface area (Å²) in [4.78, 5) is 0. The van der Waals surface area contributed by atoms with Crippen molar-refractivity contribution in [2.24, 2.45) is 0 Å². The van der Waals surface area contributed by atoms with E-state index in [1.165, 1.54) is 16.7 Å². The number of benzene rings is 3. The molecule has 0 aliphatic rings. The standard InChI is InChI=1S/C24H25/c1-2-24(23-16-10-5-11-17-23,20-22-14-8-4-9-15-22)19-18-21-12-6-3-7-13-21/h3-17H,1-2,18-20H2. The summed E-state index contributed by atoms with van der Waals surface area (Å²) < 4.78 is 0. The average Bonchev–Trinajstić information content (AvgIpc) is 2.67. The zero-order valence-electron chi connectivity index (χ0n) is 14.2. The summed E-state index contributed by atoms with van der Waals surface area (Å²) in [6.45, 7) is 4.34. The lowest BCUT2D eigenvalue weighted by atomic mass is 9.70. The van der Waals surface area contributed by atoms with E-state index in [4.69, 9.17) is 0 Å². The molecule has 0 fully saturated rings. The average molecular weight is 313 g/mol. The summed E-state index contributed by atoms with van der Waals surface area (Å²) >= 11 is 0. The molecule has 3 aromatic carbocycles. The van der Waals surface area contributed by atoms with Crippen LogP contribution in [0.5, 0.6) is 0 Å². The predicted octanol–water partition coefficient (Wildman–Crippen LogP) is 6.02. The Balaban J connectivity index is 1.90. The molecule has 1 radical (unpaired) electrons. The van der Waals surface area contributed by atoms with Crippen molar-refractivity contribution >= 4 is 0 Å². The third-order valence-corrected chi connectivity index (χ3v) is 4.99. The Morgan fingerprint density at radius 2 is 1.12 bits per heavy atom. The minimum Gasteiger partial charge on any atom is -0.0622 e. The monoisotopic (exact) mass is 313 g/mol. The van der Waals surface area contributed by atoms with E-state index in [1.807, 2.05) is 0 Å². The van der Waals surface area contributed by atoms with E-state index in [-0.39, 0.29) is 5.41 Å². The molecule has 3 rings (SSSR count). The molecule has 0 heteroatoms. The molecule has 121 valence electrons. The largest absolute Gasteiger partial charge is 0.0622 e. The van der Waals surface area contributed by atoms with E-state index >= 15 is 0 Å². The molecule has 0 aromatic heterocycles. The van der Waals surface area contributed by atoms with Gasteiger partial charge in [-0.2, -0.15) is 0 Å². The summed E-state index contributed by atoms with van der Waals surface area (Å²) in [5.74, 6) is 0. The topological polar surface area (TPSA) is 0 Å². The third-order valence-electron chi connectivity index (χ3n) is 4.99. The lowest BCUT2D eigenvalue weighted by Crippen LogP contribution is -2.29. The van der Waals surface area contributed by atoms with Gasteiger partial charge in [-0.05, 0) is 47.8 Å². The first kappa shape index (κ1) is 16.5. The van der Waals surface area contributed by atoms with Gasteiger partial charge in [-0.3, -0.25) is 0 Å². The molecule has 0 heterocycles. The Kier molecular flexibility index (Phi) is 5.48. The molecule has 1 atom stereocenters. The van der Waals surface area contributed by atoms with Crippen LogP contribution in [0.4, 0.5) is 0 Å². The highest BCUT2D eigenvalue weighted by Gasteiger charge is 2.30. The Labute approximate surface area is 146 Å². The zero-order chi connectivity index (χ0) is 16.7. The molecule has 0 nitrogen and oxygen atoms in total. The molecule has 0 spiro atoms. The SMILES string of the molecule is [CH2]CC(CCc1ccccc1)(Cc1ccccc1)c1ccccc1. The second-order valence-electron chi connectivity index (χ2n) is 6.54. The van der Waals surface area contributed by atoms with E-state index in [0.29, 0.717) is 0 Å². The molecule has 3 aromatic rings. The maximum Gasteiger partial charge on any atom is -0.000350 e. The molecule has 0 amide bonds. The molecule has 1 unspecified atom stereocenters. The van der Waals surface area contributed by atoms with Crippen molar-refractivity contribution in [2.45, 2.75) is 31.1 Å². The number of aryl methyl sites for hydroxylation is 1. The van der Waals surface area contributed by atoms with Crippen LogP contribution in [0.15, 0.2) is 91.0 Å². The Bertz CT molecular complexity index is 716. The van der Waals surface area contributed by atoms with Crippen LogP contribution in [0.25, 0.3) is 0 Å². The Morgan fingerprint density at radius 3 is 1.67 bits per heavy atom. The number of rotatable bonds is 7. The molecule has 0 aliphatic carbocycles. The molecule has 0 aliphatic heterocycles. The molecule has 24 heavy (non-hydrogen) atoms. The highest BCUT2D eigenvalue weighted by molar-refractivity contribution is 5.31. The van der Waals surface area contributed by atoms with Crippen molar-refractivity contribution in [3.63, 3.8) is 0 Å². The van der Waals surface area contributed by atoms with Crippen LogP contribution in [0.3, 0.4) is 0 Å². The molecular weight excluding hydrogens is 288 g/mol. The van der Waals surface area contributed by atoms with Gasteiger partial charge in [-0.15, -0.1) is 0 Å². The zero-order valence-corrected chi connectivity index (χ0v) is 14.2. The van der Waals surface area contributed by atoms with E-state index in [2.05, 4.69) is 97.9 Å². The lowest BCUT2D eigenvalue weighted by molar-refractivity contribution is 0.392. The molecule has 0 N–H and O–H groups in total. The van der Waals surface area contributed by atoms with E-state index in [9.17, 15) is 0 Å². The molecular formula is C24H25. The maximum absolute atomic E-state index is 4.34. The summed E-state index contributed by atoms with van der Waals surface area (Å²) in [6.07, 6.45) is 4.13. The normalized spacial score (nSPS) is 13.4. The fourth-order valence-electron chi connectivity index (χ4n) is 3.50. The summed E-state index contributed by atoms with van der Waals surface area (Å²) in [5, 5.41) is 0. The van der Waals surface area contributed by atoms with Crippen LogP contribution < -0.4 is 0 Å². The van der Waals surface area contributed by atoms with Crippen molar-refractivity contribution in [2.75, 3.05) is 0 Å². The Morgan fingerprint density at radius 1 is 0.625 bits per heavy atom. The van der Waals surface area contributed by atoms with Gasteiger partial charge in [0.25, 0.3) is 0 Å². The third kappa shape index (κ3) is 3.94. The van der Waals surface area contributed by atoms with E-state index in [1.54, 1.807) is 0 Å². The van der Waals surface area contributed by atoms with Gasteiger partial charge in [-0.1, -0.05) is 97.9 Å². The summed E-state index contributed by atoms with van der Waals surface area (Å²) in [7, 11) is 0. The second kappa shape index (κ2) is 7.97. The van der Waals surface area contributed by atoms with Crippen LogP contribution in [-0.4, -0.2) is 0 Å². The highest BCUT2D eigenvalue weighted by Crippen LogP contribution is 2.36. The van der Waals surface area contributed by atoms with Crippen LogP contribution in [-0.2, 0) is 18.3 Å². The minimum absolute atomic E-state index is 0.0818. The van der Waals surface area contributed by atoms with Gasteiger partial charge >= 0.3 is 0 Å². The van der Waals surface area contributed by atoms with Gasteiger partial charge in [0.05, 0.1) is 0 Å². The van der Waals surface area contributed by atoms with E-state index < -0.39 is 0 Å². The number of hydrogen-bond donors (Lipinski definition) is 0. The van der Waals surface area contributed by atoms with Crippen LogP contribution >= 0.6 is 0 Å². The van der Waals surface area contributed by atoms with E-state index in [0.717, 1.165) is 25.7 Å². The number of hydrogen-bond acceptors (Lipinski definition) is 0. The summed E-state index contributed by atoms with van der Waals surface area (Å²) in [5.41, 5.74) is 4.27. The van der Waals surface area contributed by atoms with Crippen molar-refractivity contribution in [3.8, 4) is 0 Å². The van der Waals surface area contributed by atoms with Gasteiger partial charge in [0.15, 0.2) is 0 Å². The van der Waals surface area contributed by atoms with Crippen molar-refractivity contribution < 1.29 is 0 Å². The quantitative estimate of drug-likeness (QED) is 0.500. The minimum atomic E-state index is 0.0818. The maximum atomic E-state index is 4.34. The first-order chi connectivity index (χ1) is 11.8. The first-order valence-corrected chi connectivity index (χ1v) is 8.75. The molecule has 0 saturated carbocycles. The second-order valence-corrected chi connectivity index (χ2v) is 6.54. The van der Waals surface area contributed by atoms with Crippen LogP contribution in [0, 0.1) is 6.92 Å². The Hall–Kier alpha value is -2.34. The first-order valence-electron chi connectivity index (χ1n) is 8.75. The van der Waals surface area contributed by atoms with Crippen molar-refractivity contribution in [1.29, 1.82) is 0 Å². The van der Waals surface area contributed by atoms with Crippen LogP contribution in [0.1, 0.15) is 29.5 Å². The van der Waals surface area contributed by atoms with Crippen molar-refractivity contribution in [1.82, 2.24) is 0 Å². The fourth-order valence-corrected chi connectivity index (χ4v) is 3.50. The highest BCUT2D eigenvalue weighted by atomic mass is 14.3. The summed E-state index contributed by atoms with van der Waals surface area (Å²) in [6, 6.07) is 32.5. The fraction of sp³-hybridized carbons (Fsp3) is 0.208. The smallest absolute Gasteiger partial charge is 0.000350 e. The predicted molar refractivity (Wildman–Crippen MR) is 103 cm³/mol.